The van der Waals surface area contributed by atoms with E-state index in [2.05, 4.69) is 4.99 Å². The second-order valence-electron chi connectivity index (χ2n) is 6.96. The first kappa shape index (κ1) is 21.2. The number of ether oxygens (including phenoxy) is 1. The molecule has 0 spiro atoms. The SMILES string of the molecule is CC(C)(N)Cc1ccc(Oc2ccc(C(=O)N=C(N)N)cc2C(F)(F)F)cc1. The van der Waals surface area contributed by atoms with Gasteiger partial charge < -0.3 is 21.9 Å². The van der Waals surface area contributed by atoms with Crippen molar-refractivity contribution in [2.24, 2.45) is 22.2 Å². The van der Waals surface area contributed by atoms with E-state index in [9.17, 15) is 18.0 Å². The van der Waals surface area contributed by atoms with E-state index in [0.717, 1.165) is 17.7 Å². The zero-order valence-electron chi connectivity index (χ0n) is 15.4. The number of amides is 1. The van der Waals surface area contributed by atoms with Crippen LogP contribution in [-0.2, 0) is 12.6 Å². The summed E-state index contributed by atoms with van der Waals surface area (Å²) in [5.41, 5.74) is 15.2. The zero-order valence-corrected chi connectivity index (χ0v) is 15.4. The largest absolute Gasteiger partial charge is 0.457 e. The van der Waals surface area contributed by atoms with E-state index in [1.807, 2.05) is 13.8 Å². The molecule has 0 fully saturated rings. The normalized spacial score (nSPS) is 11.8. The molecule has 6 nitrogen and oxygen atoms in total. The Hall–Kier alpha value is -3.07. The molecule has 9 heteroatoms. The summed E-state index contributed by atoms with van der Waals surface area (Å²) < 4.78 is 45.6. The van der Waals surface area contributed by atoms with Crippen LogP contribution in [0.5, 0.6) is 11.5 Å². The van der Waals surface area contributed by atoms with E-state index in [-0.39, 0.29) is 11.3 Å². The van der Waals surface area contributed by atoms with E-state index >= 15 is 0 Å². The smallest absolute Gasteiger partial charge is 0.420 e. The summed E-state index contributed by atoms with van der Waals surface area (Å²) >= 11 is 0. The summed E-state index contributed by atoms with van der Waals surface area (Å²) in [6.45, 7) is 3.75. The Bertz CT molecular complexity index is 882. The van der Waals surface area contributed by atoms with E-state index in [4.69, 9.17) is 21.9 Å². The number of nitrogens with two attached hydrogens (primary N) is 3. The lowest BCUT2D eigenvalue weighted by molar-refractivity contribution is -0.138. The summed E-state index contributed by atoms with van der Waals surface area (Å²) in [5, 5.41) is 0. The number of hydrogen-bond donors (Lipinski definition) is 3. The van der Waals surface area contributed by atoms with Crippen LogP contribution in [-0.4, -0.2) is 17.4 Å². The quantitative estimate of drug-likeness (QED) is 0.532. The van der Waals surface area contributed by atoms with Crippen LogP contribution >= 0.6 is 0 Å². The van der Waals surface area contributed by atoms with Crippen LogP contribution in [0.25, 0.3) is 0 Å². The van der Waals surface area contributed by atoms with Crippen LogP contribution in [0, 0.1) is 0 Å². The fourth-order valence-corrected chi connectivity index (χ4v) is 2.48. The maximum Gasteiger partial charge on any atom is 0.420 e. The lowest BCUT2D eigenvalue weighted by Crippen LogP contribution is -2.34. The molecule has 0 unspecified atom stereocenters. The highest BCUT2D eigenvalue weighted by molar-refractivity contribution is 6.02. The van der Waals surface area contributed by atoms with Crippen molar-refractivity contribution in [3.05, 3.63) is 59.2 Å². The first-order chi connectivity index (χ1) is 12.8. The van der Waals surface area contributed by atoms with Gasteiger partial charge in [0.1, 0.15) is 11.5 Å². The Morgan fingerprint density at radius 1 is 1.07 bits per heavy atom. The molecule has 0 bridgehead atoms. The molecule has 0 radical (unpaired) electrons. The van der Waals surface area contributed by atoms with Crippen molar-refractivity contribution in [1.82, 2.24) is 0 Å². The van der Waals surface area contributed by atoms with Gasteiger partial charge >= 0.3 is 6.18 Å². The Morgan fingerprint density at radius 3 is 2.18 bits per heavy atom. The highest BCUT2D eigenvalue weighted by Gasteiger charge is 2.35. The van der Waals surface area contributed by atoms with Gasteiger partial charge in [0.05, 0.1) is 5.56 Å². The molecule has 0 aliphatic heterocycles. The molecule has 0 atom stereocenters. The van der Waals surface area contributed by atoms with Gasteiger partial charge in [-0.05, 0) is 56.2 Å². The van der Waals surface area contributed by atoms with E-state index in [0.29, 0.717) is 12.5 Å². The molecule has 0 saturated heterocycles. The standard InChI is InChI=1S/C19H21F3N4O2/c1-18(2,25)10-11-3-6-13(7-4-11)28-15-8-5-12(16(27)26-17(23)24)9-14(15)19(20,21)22/h3-9H,10,25H2,1-2H3,(H4,23,24,26,27). The third kappa shape index (κ3) is 5.98. The monoisotopic (exact) mass is 394 g/mol. The molecule has 0 aliphatic carbocycles. The fraction of sp³-hybridized carbons (Fsp3) is 0.263. The average molecular weight is 394 g/mol. The Kier molecular flexibility index (Phi) is 5.98. The minimum absolute atomic E-state index is 0.215. The molecule has 0 heterocycles. The Balaban J connectivity index is 2.32. The number of rotatable bonds is 5. The number of benzene rings is 2. The van der Waals surface area contributed by atoms with Crippen LogP contribution in [0.3, 0.4) is 0 Å². The molecule has 150 valence electrons. The van der Waals surface area contributed by atoms with Crippen molar-refractivity contribution in [3.8, 4) is 11.5 Å². The Morgan fingerprint density at radius 2 is 1.68 bits per heavy atom. The van der Waals surface area contributed by atoms with E-state index < -0.39 is 34.9 Å². The average Bonchev–Trinajstić information content (AvgIpc) is 2.54. The maximum absolute atomic E-state index is 13.4. The fourth-order valence-electron chi connectivity index (χ4n) is 2.48. The van der Waals surface area contributed by atoms with Gasteiger partial charge in [0, 0.05) is 11.1 Å². The minimum atomic E-state index is -4.74. The second kappa shape index (κ2) is 7.89. The molecule has 1 amide bonds. The van der Waals surface area contributed by atoms with Gasteiger partial charge in [-0.15, -0.1) is 0 Å². The third-order valence-electron chi connectivity index (χ3n) is 3.57. The van der Waals surface area contributed by atoms with Crippen molar-refractivity contribution >= 4 is 11.9 Å². The lowest BCUT2D eigenvalue weighted by Gasteiger charge is -2.18. The molecule has 2 rings (SSSR count). The molecule has 2 aromatic carbocycles. The topological polar surface area (TPSA) is 117 Å². The molecule has 6 N–H and O–H groups in total. The molecule has 0 aromatic heterocycles. The lowest BCUT2D eigenvalue weighted by atomic mass is 9.96. The van der Waals surface area contributed by atoms with E-state index in [1.165, 1.54) is 0 Å². The summed E-state index contributed by atoms with van der Waals surface area (Å²) in [5.74, 6) is -1.75. The van der Waals surface area contributed by atoms with Crippen molar-refractivity contribution in [1.29, 1.82) is 0 Å². The second-order valence-corrected chi connectivity index (χ2v) is 6.96. The number of halogens is 3. The zero-order chi connectivity index (χ0) is 21.1. The first-order valence-corrected chi connectivity index (χ1v) is 8.26. The summed E-state index contributed by atoms with van der Waals surface area (Å²) in [4.78, 5) is 15.0. The number of carbonyl (C=O) groups is 1. The van der Waals surface area contributed by atoms with Crippen LogP contribution in [0.4, 0.5) is 13.2 Å². The van der Waals surface area contributed by atoms with Crippen LogP contribution in [0.1, 0.15) is 35.3 Å². The van der Waals surface area contributed by atoms with Gasteiger partial charge in [-0.3, -0.25) is 4.79 Å². The Labute approximate surface area is 160 Å². The van der Waals surface area contributed by atoms with Gasteiger partial charge in [0.15, 0.2) is 5.96 Å². The number of guanidine groups is 1. The van der Waals surface area contributed by atoms with Gasteiger partial charge in [-0.2, -0.15) is 18.2 Å². The molecule has 0 saturated carbocycles. The summed E-state index contributed by atoms with van der Waals surface area (Å²) in [6, 6.07) is 9.43. The number of carbonyl (C=O) groups excluding carboxylic acids is 1. The van der Waals surface area contributed by atoms with Crippen molar-refractivity contribution in [2.45, 2.75) is 32.0 Å². The molecule has 2 aromatic rings. The van der Waals surface area contributed by atoms with Gasteiger partial charge in [0.25, 0.3) is 5.91 Å². The molecule has 28 heavy (non-hydrogen) atoms. The molecule has 0 aliphatic rings. The number of alkyl halides is 3. The van der Waals surface area contributed by atoms with Crippen molar-refractivity contribution in [2.75, 3.05) is 0 Å². The molecular weight excluding hydrogens is 373 g/mol. The van der Waals surface area contributed by atoms with E-state index in [1.54, 1.807) is 24.3 Å². The van der Waals surface area contributed by atoms with Crippen LogP contribution in [0.2, 0.25) is 0 Å². The predicted molar refractivity (Wildman–Crippen MR) is 100 cm³/mol. The van der Waals surface area contributed by atoms with Crippen molar-refractivity contribution < 1.29 is 22.7 Å². The third-order valence-corrected chi connectivity index (χ3v) is 3.57. The van der Waals surface area contributed by atoms with Crippen LogP contribution < -0.4 is 21.9 Å². The summed E-state index contributed by atoms with van der Waals surface area (Å²) in [6.07, 6.45) is -4.14. The first-order valence-electron chi connectivity index (χ1n) is 8.26. The highest BCUT2D eigenvalue weighted by Crippen LogP contribution is 2.39. The minimum Gasteiger partial charge on any atom is -0.457 e. The molecular formula is C19H21F3N4O2. The maximum atomic E-state index is 13.4. The van der Waals surface area contributed by atoms with Gasteiger partial charge in [-0.25, -0.2) is 0 Å². The summed E-state index contributed by atoms with van der Waals surface area (Å²) in [7, 11) is 0. The number of nitrogens with zero attached hydrogens (tertiary/aromatic N) is 1. The number of hydrogen-bond acceptors (Lipinski definition) is 3. The van der Waals surface area contributed by atoms with Crippen molar-refractivity contribution in [3.63, 3.8) is 0 Å². The van der Waals surface area contributed by atoms with Gasteiger partial charge in [-0.1, -0.05) is 12.1 Å². The van der Waals surface area contributed by atoms with Crippen LogP contribution in [0.15, 0.2) is 47.5 Å². The highest BCUT2D eigenvalue weighted by atomic mass is 19.4. The van der Waals surface area contributed by atoms with Gasteiger partial charge in [0.2, 0.25) is 0 Å². The number of aliphatic imine (C=N–C) groups is 1. The predicted octanol–water partition coefficient (Wildman–Crippen LogP) is 3.19.